The van der Waals surface area contributed by atoms with E-state index in [1.165, 1.54) is 12.1 Å². The number of rotatable bonds is 9. The van der Waals surface area contributed by atoms with Crippen LogP contribution >= 0.6 is 0 Å². The maximum atomic E-state index is 14.1. The number of aryl methyl sites for hydroxylation is 1. The van der Waals surface area contributed by atoms with Gasteiger partial charge in [-0.1, -0.05) is 6.07 Å². The minimum atomic E-state index is -0.814. The number of benzene rings is 2. The average Bonchev–Trinajstić information content (AvgIpc) is 3.09. The van der Waals surface area contributed by atoms with E-state index in [1.807, 2.05) is 46.1 Å². The van der Waals surface area contributed by atoms with Gasteiger partial charge in [0, 0.05) is 30.3 Å². The van der Waals surface area contributed by atoms with Crippen LogP contribution in [0.2, 0.25) is 0 Å². The lowest BCUT2D eigenvalue weighted by Crippen LogP contribution is -2.14. The van der Waals surface area contributed by atoms with Crippen molar-refractivity contribution >= 4 is 16.9 Å². The van der Waals surface area contributed by atoms with Crippen LogP contribution in [0.15, 0.2) is 34.7 Å². The van der Waals surface area contributed by atoms with Gasteiger partial charge in [-0.05, 0) is 75.3 Å². The fraction of sp³-hybridized carbons (Fsp3) is 0.375. The van der Waals surface area contributed by atoms with Crippen molar-refractivity contribution in [3.05, 3.63) is 64.2 Å². The number of fused-ring (bicyclic) bond motifs is 1. The van der Waals surface area contributed by atoms with E-state index in [-0.39, 0.29) is 18.8 Å². The Morgan fingerprint density at radius 1 is 1.10 bits per heavy atom. The van der Waals surface area contributed by atoms with E-state index in [4.69, 9.17) is 14.3 Å². The van der Waals surface area contributed by atoms with Gasteiger partial charge >= 0.3 is 5.97 Å². The van der Waals surface area contributed by atoms with Crippen LogP contribution in [0, 0.1) is 19.7 Å². The first-order chi connectivity index (χ1) is 14.2. The van der Waals surface area contributed by atoms with E-state index in [1.54, 1.807) is 0 Å². The molecule has 0 atom stereocenters. The molecule has 0 amide bonds. The topological polar surface area (TPSA) is 62.9 Å². The van der Waals surface area contributed by atoms with Crippen LogP contribution in [0.3, 0.4) is 0 Å². The predicted octanol–water partition coefficient (Wildman–Crippen LogP) is 4.89. The first-order valence-corrected chi connectivity index (χ1v) is 10.0. The second-order valence-electron chi connectivity index (χ2n) is 7.90. The summed E-state index contributed by atoms with van der Waals surface area (Å²) in [5.74, 6) is 0.382. The average molecular weight is 413 g/mol. The van der Waals surface area contributed by atoms with Gasteiger partial charge in [-0.2, -0.15) is 0 Å². The first kappa shape index (κ1) is 21.8. The number of carboxylic acid groups (broad SMARTS) is 1. The minimum Gasteiger partial charge on any atom is -0.488 e. The van der Waals surface area contributed by atoms with E-state index < -0.39 is 5.97 Å². The number of nitrogens with zero attached hydrogens (tertiary/aromatic N) is 1. The molecule has 1 heterocycles. The molecule has 6 heteroatoms. The van der Waals surface area contributed by atoms with Crippen molar-refractivity contribution in [2.45, 2.75) is 39.7 Å². The van der Waals surface area contributed by atoms with E-state index in [9.17, 15) is 9.18 Å². The maximum absolute atomic E-state index is 14.1. The number of carbonyl (C=O) groups is 1. The van der Waals surface area contributed by atoms with Gasteiger partial charge in [0.05, 0.1) is 0 Å². The van der Waals surface area contributed by atoms with Gasteiger partial charge in [0.1, 0.15) is 29.5 Å². The van der Waals surface area contributed by atoms with Gasteiger partial charge in [0.2, 0.25) is 0 Å². The molecule has 0 radical (unpaired) electrons. The van der Waals surface area contributed by atoms with E-state index in [2.05, 4.69) is 4.90 Å². The third-order valence-electron chi connectivity index (χ3n) is 5.36. The Balaban J connectivity index is 1.79. The SMILES string of the molecule is Cc1c(CCC(=O)O)ccc(OCc2cc(F)cc3cc(CCN(C)C)oc23)c1C. The molecule has 1 N–H and O–H groups in total. The molecule has 0 fully saturated rings. The number of hydrogen-bond donors (Lipinski definition) is 1. The van der Waals surface area contributed by atoms with Crippen molar-refractivity contribution < 1.29 is 23.4 Å². The van der Waals surface area contributed by atoms with Crippen LogP contribution < -0.4 is 4.74 Å². The van der Waals surface area contributed by atoms with Crippen LogP contribution in [0.5, 0.6) is 5.75 Å². The molecule has 0 aliphatic rings. The number of carboxylic acids is 1. The molecular weight excluding hydrogens is 385 g/mol. The highest BCUT2D eigenvalue weighted by molar-refractivity contribution is 5.81. The standard InChI is InChI=1S/C24H28FNO4/c1-15-16(2)22(7-5-17(15)6-8-23(27)28)29-14-19-12-20(25)11-18-13-21(30-24(18)19)9-10-26(3)4/h5,7,11-13H,6,8-10,14H2,1-4H3,(H,27,28). The monoisotopic (exact) mass is 413 g/mol. The summed E-state index contributed by atoms with van der Waals surface area (Å²) in [7, 11) is 4.00. The highest BCUT2D eigenvalue weighted by Crippen LogP contribution is 2.29. The molecule has 30 heavy (non-hydrogen) atoms. The van der Waals surface area contributed by atoms with E-state index in [0.29, 0.717) is 23.3 Å². The van der Waals surface area contributed by atoms with Crippen LogP contribution in [0.1, 0.15) is 34.4 Å². The summed E-state index contributed by atoms with van der Waals surface area (Å²) in [5.41, 5.74) is 4.27. The molecule has 0 aliphatic carbocycles. The third-order valence-corrected chi connectivity index (χ3v) is 5.36. The zero-order valence-electron chi connectivity index (χ0n) is 17.9. The van der Waals surface area contributed by atoms with Crippen molar-refractivity contribution in [3.63, 3.8) is 0 Å². The van der Waals surface area contributed by atoms with E-state index in [0.717, 1.165) is 40.8 Å². The highest BCUT2D eigenvalue weighted by atomic mass is 19.1. The Morgan fingerprint density at radius 2 is 1.87 bits per heavy atom. The number of aliphatic carboxylic acids is 1. The smallest absolute Gasteiger partial charge is 0.303 e. The van der Waals surface area contributed by atoms with Crippen molar-refractivity contribution in [2.24, 2.45) is 0 Å². The Hall–Kier alpha value is -2.86. The molecule has 0 saturated carbocycles. The molecular formula is C24H28FNO4. The van der Waals surface area contributed by atoms with Crippen LogP contribution in [0.25, 0.3) is 11.0 Å². The fourth-order valence-electron chi connectivity index (χ4n) is 3.48. The Kier molecular flexibility index (Phi) is 6.77. The van der Waals surface area contributed by atoms with Crippen molar-refractivity contribution in [1.82, 2.24) is 4.90 Å². The van der Waals surface area contributed by atoms with E-state index >= 15 is 0 Å². The highest BCUT2D eigenvalue weighted by Gasteiger charge is 2.14. The minimum absolute atomic E-state index is 0.0937. The van der Waals surface area contributed by atoms with Gasteiger partial charge in [-0.15, -0.1) is 0 Å². The molecule has 0 spiro atoms. The summed E-state index contributed by atoms with van der Waals surface area (Å²) in [6.45, 7) is 4.94. The third kappa shape index (κ3) is 5.19. The largest absolute Gasteiger partial charge is 0.488 e. The zero-order chi connectivity index (χ0) is 21.8. The second-order valence-corrected chi connectivity index (χ2v) is 7.90. The predicted molar refractivity (Wildman–Crippen MR) is 115 cm³/mol. The lowest BCUT2D eigenvalue weighted by Gasteiger charge is -2.14. The second kappa shape index (κ2) is 9.30. The summed E-state index contributed by atoms with van der Waals surface area (Å²) in [6, 6.07) is 8.56. The normalized spacial score (nSPS) is 11.4. The van der Waals surface area contributed by atoms with Crippen LogP contribution in [-0.4, -0.2) is 36.6 Å². The molecule has 3 rings (SSSR count). The van der Waals surface area contributed by atoms with Crippen LogP contribution in [-0.2, 0) is 24.2 Å². The molecule has 5 nitrogen and oxygen atoms in total. The Bertz CT molecular complexity index is 1060. The van der Waals surface area contributed by atoms with Gasteiger partial charge < -0.3 is 19.2 Å². The maximum Gasteiger partial charge on any atom is 0.303 e. The van der Waals surface area contributed by atoms with Gasteiger partial charge in [-0.25, -0.2) is 4.39 Å². The fourth-order valence-corrected chi connectivity index (χ4v) is 3.48. The number of furan rings is 1. The van der Waals surface area contributed by atoms with Gasteiger partial charge in [0.15, 0.2) is 0 Å². The van der Waals surface area contributed by atoms with Gasteiger partial charge in [-0.3, -0.25) is 4.79 Å². The molecule has 0 aliphatic heterocycles. The molecule has 0 saturated heterocycles. The van der Waals surface area contributed by atoms with Crippen LogP contribution in [0.4, 0.5) is 4.39 Å². The van der Waals surface area contributed by atoms with Crippen molar-refractivity contribution in [2.75, 3.05) is 20.6 Å². The lowest BCUT2D eigenvalue weighted by molar-refractivity contribution is -0.136. The molecule has 3 aromatic rings. The summed E-state index contributed by atoms with van der Waals surface area (Å²) in [5, 5.41) is 9.64. The molecule has 2 aromatic carbocycles. The lowest BCUT2D eigenvalue weighted by atomic mass is 9.99. The summed E-state index contributed by atoms with van der Waals surface area (Å²) >= 11 is 0. The van der Waals surface area contributed by atoms with Crippen molar-refractivity contribution in [3.8, 4) is 5.75 Å². The van der Waals surface area contributed by atoms with Gasteiger partial charge in [0.25, 0.3) is 0 Å². The number of likely N-dealkylation sites (N-methyl/N-ethyl adjacent to an activating group) is 1. The molecule has 0 bridgehead atoms. The summed E-state index contributed by atoms with van der Waals surface area (Å²) in [4.78, 5) is 12.9. The summed E-state index contributed by atoms with van der Waals surface area (Å²) in [6.07, 6.45) is 1.32. The van der Waals surface area contributed by atoms with Crippen molar-refractivity contribution in [1.29, 1.82) is 0 Å². The Labute approximate surface area is 176 Å². The molecule has 0 unspecified atom stereocenters. The quantitative estimate of drug-likeness (QED) is 0.541. The number of ether oxygens (including phenoxy) is 1. The summed E-state index contributed by atoms with van der Waals surface area (Å²) < 4.78 is 26.1. The Morgan fingerprint density at radius 3 is 2.57 bits per heavy atom. The first-order valence-electron chi connectivity index (χ1n) is 10.0. The zero-order valence-corrected chi connectivity index (χ0v) is 17.9. The molecule has 160 valence electrons. The number of hydrogen-bond acceptors (Lipinski definition) is 4. The molecule has 1 aromatic heterocycles. The number of halogens is 1.